The predicted molar refractivity (Wildman–Crippen MR) is 98.7 cm³/mol. The van der Waals surface area contributed by atoms with Crippen LogP contribution in [0.1, 0.15) is 28.4 Å². The molecule has 1 aliphatic heterocycles. The van der Waals surface area contributed by atoms with Crippen molar-refractivity contribution in [3.05, 3.63) is 74.6 Å². The molecule has 4 rings (SSSR count). The summed E-state index contributed by atoms with van der Waals surface area (Å²) < 4.78 is 11.3. The van der Waals surface area contributed by atoms with Crippen LogP contribution in [-0.4, -0.2) is 17.4 Å². The number of ether oxygens (including phenoxy) is 1. The van der Waals surface area contributed by atoms with E-state index in [0.717, 1.165) is 11.1 Å². The van der Waals surface area contributed by atoms with Crippen LogP contribution in [0.4, 0.5) is 0 Å². The van der Waals surface area contributed by atoms with E-state index in [1.54, 1.807) is 12.1 Å². The molecule has 0 amide bonds. The van der Waals surface area contributed by atoms with E-state index >= 15 is 0 Å². The molecule has 6 heteroatoms. The zero-order chi connectivity index (χ0) is 18.3. The first-order valence-electron chi connectivity index (χ1n) is 8.22. The molecule has 2 heterocycles. The Balaban J connectivity index is 1.72. The fourth-order valence-electron chi connectivity index (χ4n) is 3.15. The van der Waals surface area contributed by atoms with Gasteiger partial charge in [0.25, 0.3) is 0 Å². The van der Waals surface area contributed by atoms with E-state index in [9.17, 15) is 9.59 Å². The summed E-state index contributed by atoms with van der Waals surface area (Å²) >= 11 is 6.25. The highest BCUT2D eigenvalue weighted by Crippen LogP contribution is 2.33. The van der Waals surface area contributed by atoms with E-state index in [-0.39, 0.29) is 11.3 Å². The molecule has 0 saturated carbocycles. The summed E-state index contributed by atoms with van der Waals surface area (Å²) in [6.45, 7) is 2.94. The molecule has 0 fully saturated rings. The average Bonchev–Trinajstić information content (AvgIpc) is 2.63. The maximum absolute atomic E-state index is 12.1. The van der Waals surface area contributed by atoms with Crippen LogP contribution in [-0.2, 0) is 13.1 Å². The molecule has 0 aliphatic carbocycles. The highest BCUT2D eigenvalue weighted by atomic mass is 35.5. The Hall–Kier alpha value is -2.63. The van der Waals surface area contributed by atoms with E-state index < -0.39 is 5.63 Å². The first-order chi connectivity index (χ1) is 12.5. The smallest absolute Gasteiger partial charge is 0.347 e. The van der Waals surface area contributed by atoms with Crippen LogP contribution in [0.25, 0.3) is 11.0 Å². The van der Waals surface area contributed by atoms with Gasteiger partial charge < -0.3 is 9.15 Å². The number of fused-ring (bicyclic) bond motifs is 3. The summed E-state index contributed by atoms with van der Waals surface area (Å²) in [5.74, 6) is 0.376. The van der Waals surface area contributed by atoms with Crippen molar-refractivity contribution in [2.45, 2.75) is 20.0 Å². The maximum Gasteiger partial charge on any atom is 0.347 e. The van der Waals surface area contributed by atoms with Gasteiger partial charge in [0.2, 0.25) is 0 Å². The van der Waals surface area contributed by atoms with Gasteiger partial charge in [-0.2, -0.15) is 0 Å². The predicted octanol–water partition coefficient (Wildman–Crippen LogP) is 4.00. The molecule has 5 nitrogen and oxygen atoms in total. The number of carbonyl (C=O) groups is 1. The van der Waals surface area contributed by atoms with Crippen LogP contribution in [0.15, 0.2) is 51.7 Å². The van der Waals surface area contributed by atoms with Gasteiger partial charge in [0.05, 0.1) is 5.56 Å². The van der Waals surface area contributed by atoms with Crippen LogP contribution in [0.5, 0.6) is 5.75 Å². The first kappa shape index (κ1) is 16.8. The van der Waals surface area contributed by atoms with Crippen molar-refractivity contribution >= 4 is 28.4 Å². The summed E-state index contributed by atoms with van der Waals surface area (Å²) in [6, 6.07) is 12.9. The molecule has 1 aliphatic rings. The Morgan fingerprint density at radius 1 is 1.23 bits per heavy atom. The lowest BCUT2D eigenvalue weighted by Gasteiger charge is -2.29. The second-order valence-corrected chi connectivity index (χ2v) is 6.72. The number of ketones is 1. The van der Waals surface area contributed by atoms with Gasteiger partial charge in [-0.05, 0) is 36.8 Å². The minimum Gasteiger partial charge on any atom is -0.478 e. The normalized spacial score (nSPS) is 14.1. The van der Waals surface area contributed by atoms with Gasteiger partial charge in [-0.3, -0.25) is 9.69 Å². The second-order valence-electron chi connectivity index (χ2n) is 6.32. The second kappa shape index (κ2) is 6.59. The average molecular weight is 370 g/mol. The van der Waals surface area contributed by atoms with Crippen LogP contribution < -0.4 is 10.4 Å². The van der Waals surface area contributed by atoms with Crippen LogP contribution in [0.3, 0.4) is 0 Å². The number of hydrogen-bond donors (Lipinski definition) is 0. The molecule has 1 aromatic heterocycles. The number of nitrogens with zero attached hydrogens (tertiary/aromatic N) is 1. The molecule has 3 aromatic rings. The molecule has 0 spiro atoms. The number of rotatable bonds is 3. The molecular formula is C20H16ClNO4. The Morgan fingerprint density at radius 3 is 2.81 bits per heavy atom. The van der Waals surface area contributed by atoms with Crippen molar-refractivity contribution in [2.24, 2.45) is 0 Å². The zero-order valence-corrected chi connectivity index (χ0v) is 14.9. The zero-order valence-electron chi connectivity index (χ0n) is 14.1. The third-order valence-electron chi connectivity index (χ3n) is 4.48. The Bertz CT molecular complexity index is 1070. The third-order valence-corrected chi connectivity index (χ3v) is 4.85. The number of hydrogen-bond acceptors (Lipinski definition) is 5. The van der Waals surface area contributed by atoms with Gasteiger partial charge in [0.1, 0.15) is 23.6 Å². The SMILES string of the molecule is CC(=O)c1cc2ccc3c(c2oc1=O)CN(Cc1ccccc1Cl)CO3. The van der Waals surface area contributed by atoms with E-state index in [2.05, 4.69) is 4.90 Å². The Labute approximate surface area is 154 Å². The van der Waals surface area contributed by atoms with Gasteiger partial charge >= 0.3 is 5.63 Å². The standard InChI is InChI=1S/C20H16ClNO4/c1-12(23)15-8-13-6-7-18-16(19(13)26-20(15)24)10-22(11-25-18)9-14-4-2-3-5-17(14)21/h2-8H,9-11H2,1H3. The van der Waals surface area contributed by atoms with Gasteiger partial charge in [-0.25, -0.2) is 4.79 Å². The molecule has 0 radical (unpaired) electrons. The summed E-state index contributed by atoms with van der Waals surface area (Å²) in [5, 5.41) is 1.41. The molecule has 0 atom stereocenters. The van der Waals surface area contributed by atoms with E-state index in [4.69, 9.17) is 20.8 Å². The van der Waals surface area contributed by atoms with Crippen molar-refractivity contribution in [3.63, 3.8) is 0 Å². The molecule has 0 N–H and O–H groups in total. The minimum atomic E-state index is -0.623. The fourth-order valence-corrected chi connectivity index (χ4v) is 3.35. The summed E-state index contributed by atoms with van der Waals surface area (Å²) in [4.78, 5) is 25.8. The molecular weight excluding hydrogens is 354 g/mol. The van der Waals surface area contributed by atoms with E-state index in [1.165, 1.54) is 6.92 Å². The lowest BCUT2D eigenvalue weighted by molar-refractivity contribution is 0.0890. The van der Waals surface area contributed by atoms with E-state index in [0.29, 0.717) is 41.6 Å². The van der Waals surface area contributed by atoms with Crippen LogP contribution >= 0.6 is 11.6 Å². The molecule has 0 bridgehead atoms. The number of halogens is 1. The van der Waals surface area contributed by atoms with Gasteiger partial charge in [0.15, 0.2) is 5.78 Å². The van der Waals surface area contributed by atoms with Crippen LogP contribution in [0, 0.1) is 0 Å². The lowest BCUT2D eigenvalue weighted by Crippen LogP contribution is -2.31. The molecule has 132 valence electrons. The minimum absolute atomic E-state index is 0.0575. The molecule has 0 unspecified atom stereocenters. The highest BCUT2D eigenvalue weighted by Gasteiger charge is 2.23. The van der Waals surface area contributed by atoms with E-state index in [1.807, 2.05) is 30.3 Å². The molecule has 0 saturated heterocycles. The first-order valence-corrected chi connectivity index (χ1v) is 8.60. The fraction of sp³-hybridized carbons (Fsp3) is 0.200. The number of carbonyl (C=O) groups excluding carboxylic acids is 1. The maximum atomic E-state index is 12.1. The van der Waals surface area contributed by atoms with Crippen molar-refractivity contribution in [2.75, 3.05) is 6.73 Å². The van der Waals surface area contributed by atoms with Crippen molar-refractivity contribution in [3.8, 4) is 5.75 Å². The Morgan fingerprint density at radius 2 is 2.04 bits per heavy atom. The topological polar surface area (TPSA) is 59.8 Å². The number of Topliss-reactive ketones (excluding diaryl/α,β-unsaturated/α-hetero) is 1. The summed E-state index contributed by atoms with van der Waals surface area (Å²) in [5.41, 5.74) is 1.69. The van der Waals surface area contributed by atoms with Crippen molar-refractivity contribution in [1.82, 2.24) is 4.90 Å². The number of benzene rings is 2. The monoisotopic (exact) mass is 369 g/mol. The van der Waals surface area contributed by atoms with Gasteiger partial charge in [-0.15, -0.1) is 0 Å². The summed E-state index contributed by atoms with van der Waals surface area (Å²) in [7, 11) is 0. The quantitative estimate of drug-likeness (QED) is 0.516. The lowest BCUT2D eigenvalue weighted by atomic mass is 10.1. The van der Waals surface area contributed by atoms with Gasteiger partial charge in [-0.1, -0.05) is 29.8 Å². The molecule has 26 heavy (non-hydrogen) atoms. The largest absolute Gasteiger partial charge is 0.478 e. The third kappa shape index (κ3) is 3.00. The molecule has 2 aromatic carbocycles. The van der Waals surface area contributed by atoms with Crippen molar-refractivity contribution in [1.29, 1.82) is 0 Å². The Kier molecular flexibility index (Phi) is 4.26. The highest BCUT2D eigenvalue weighted by molar-refractivity contribution is 6.31. The summed E-state index contributed by atoms with van der Waals surface area (Å²) in [6.07, 6.45) is 0. The van der Waals surface area contributed by atoms with Gasteiger partial charge in [0, 0.05) is 23.5 Å². The van der Waals surface area contributed by atoms with Crippen molar-refractivity contribution < 1.29 is 13.9 Å². The van der Waals surface area contributed by atoms with Crippen LogP contribution in [0.2, 0.25) is 5.02 Å².